The summed E-state index contributed by atoms with van der Waals surface area (Å²) in [5.74, 6) is 0.610. The molecule has 0 heteroatoms. The summed E-state index contributed by atoms with van der Waals surface area (Å²) in [7, 11) is 0. The molecular weight excluding hydrogens is 204 g/mol. The molecule has 0 saturated carbocycles. The van der Waals surface area contributed by atoms with Gasteiger partial charge in [0.1, 0.15) is 0 Å². The van der Waals surface area contributed by atoms with Crippen LogP contribution in [0.4, 0.5) is 0 Å². The monoisotopic (exact) mass is 226 g/mol. The standard InChI is InChI=1S/C17H22/c1-13(2)14-5-7-15(8-6-14)16-9-11-17(3,4)12-10-16/h5-11,13H,12H2,1-4H3. The minimum absolute atomic E-state index is 0.321. The lowest BCUT2D eigenvalue weighted by atomic mass is 9.82. The summed E-state index contributed by atoms with van der Waals surface area (Å²) in [4.78, 5) is 0. The van der Waals surface area contributed by atoms with E-state index in [-0.39, 0.29) is 0 Å². The predicted molar refractivity (Wildman–Crippen MR) is 76.0 cm³/mol. The van der Waals surface area contributed by atoms with Crippen LogP contribution in [0.1, 0.15) is 51.2 Å². The smallest absolute Gasteiger partial charge is 0.0137 e. The molecule has 0 atom stereocenters. The topological polar surface area (TPSA) is 0 Å². The molecular formula is C17H22. The molecule has 0 radical (unpaired) electrons. The van der Waals surface area contributed by atoms with E-state index in [4.69, 9.17) is 0 Å². The lowest BCUT2D eigenvalue weighted by Gasteiger charge is -2.22. The SMILES string of the molecule is CC(C)c1ccc(C2=CCC(C)(C)C=C2)cc1. The van der Waals surface area contributed by atoms with E-state index >= 15 is 0 Å². The summed E-state index contributed by atoms with van der Waals surface area (Å²) in [5, 5.41) is 0. The molecule has 0 heterocycles. The number of hydrogen-bond donors (Lipinski definition) is 0. The Morgan fingerprint density at radius 1 is 1.06 bits per heavy atom. The molecule has 0 saturated heterocycles. The fraction of sp³-hybridized carbons (Fsp3) is 0.412. The van der Waals surface area contributed by atoms with Crippen LogP contribution < -0.4 is 0 Å². The van der Waals surface area contributed by atoms with Crippen molar-refractivity contribution in [1.82, 2.24) is 0 Å². The van der Waals surface area contributed by atoms with Crippen LogP contribution in [-0.4, -0.2) is 0 Å². The Morgan fingerprint density at radius 2 is 1.71 bits per heavy atom. The Bertz CT molecular complexity index is 441. The Hall–Kier alpha value is -1.30. The molecule has 0 bridgehead atoms. The van der Waals surface area contributed by atoms with Crippen LogP contribution in [-0.2, 0) is 0 Å². The average Bonchev–Trinajstić information content (AvgIpc) is 2.29. The number of hydrogen-bond acceptors (Lipinski definition) is 0. The van der Waals surface area contributed by atoms with Gasteiger partial charge >= 0.3 is 0 Å². The second-order valence-electron chi connectivity index (χ2n) is 5.96. The second-order valence-corrected chi connectivity index (χ2v) is 5.96. The summed E-state index contributed by atoms with van der Waals surface area (Å²) in [6, 6.07) is 8.97. The number of benzene rings is 1. The second kappa shape index (κ2) is 4.52. The molecule has 1 aliphatic rings. The molecule has 0 amide bonds. The Balaban J connectivity index is 2.20. The van der Waals surface area contributed by atoms with Gasteiger partial charge in [0, 0.05) is 0 Å². The van der Waals surface area contributed by atoms with Gasteiger partial charge in [-0.15, -0.1) is 0 Å². The summed E-state index contributed by atoms with van der Waals surface area (Å²) in [6.45, 7) is 9.02. The van der Waals surface area contributed by atoms with Gasteiger partial charge in [0.15, 0.2) is 0 Å². The van der Waals surface area contributed by atoms with Crippen LogP contribution in [0, 0.1) is 5.41 Å². The minimum atomic E-state index is 0.321. The van der Waals surface area contributed by atoms with Crippen molar-refractivity contribution in [3.05, 3.63) is 53.6 Å². The molecule has 0 aliphatic heterocycles. The molecule has 0 N–H and O–H groups in total. The highest BCUT2D eigenvalue weighted by Gasteiger charge is 2.16. The molecule has 90 valence electrons. The zero-order valence-electron chi connectivity index (χ0n) is 11.3. The Labute approximate surface area is 105 Å². The van der Waals surface area contributed by atoms with Gasteiger partial charge < -0.3 is 0 Å². The van der Waals surface area contributed by atoms with Crippen molar-refractivity contribution in [3.63, 3.8) is 0 Å². The van der Waals surface area contributed by atoms with E-state index < -0.39 is 0 Å². The normalized spacial score (nSPS) is 18.3. The third kappa shape index (κ3) is 2.88. The maximum Gasteiger partial charge on any atom is -0.0137 e. The van der Waals surface area contributed by atoms with Gasteiger partial charge in [0.05, 0.1) is 0 Å². The maximum absolute atomic E-state index is 2.35. The highest BCUT2D eigenvalue weighted by atomic mass is 14.2. The van der Waals surface area contributed by atoms with E-state index in [1.807, 2.05) is 0 Å². The van der Waals surface area contributed by atoms with Crippen LogP contribution in [0.3, 0.4) is 0 Å². The Morgan fingerprint density at radius 3 is 2.18 bits per heavy atom. The van der Waals surface area contributed by atoms with E-state index in [0.717, 1.165) is 6.42 Å². The Kier molecular flexibility index (Phi) is 3.24. The highest BCUT2D eigenvalue weighted by Crippen LogP contribution is 2.32. The fourth-order valence-corrected chi connectivity index (χ4v) is 2.10. The molecule has 0 spiro atoms. The fourth-order valence-electron chi connectivity index (χ4n) is 2.10. The molecule has 2 rings (SSSR count). The van der Waals surface area contributed by atoms with Crippen molar-refractivity contribution >= 4 is 5.57 Å². The molecule has 0 fully saturated rings. The van der Waals surface area contributed by atoms with E-state index in [2.05, 4.69) is 70.2 Å². The van der Waals surface area contributed by atoms with Crippen molar-refractivity contribution in [3.8, 4) is 0 Å². The van der Waals surface area contributed by atoms with E-state index in [1.54, 1.807) is 0 Å². The number of allylic oxidation sites excluding steroid dienone is 4. The van der Waals surface area contributed by atoms with Gasteiger partial charge in [-0.2, -0.15) is 0 Å². The van der Waals surface area contributed by atoms with Gasteiger partial charge in [-0.05, 0) is 34.5 Å². The molecule has 0 unspecified atom stereocenters. The first-order valence-electron chi connectivity index (χ1n) is 6.48. The van der Waals surface area contributed by atoms with Gasteiger partial charge in [0.2, 0.25) is 0 Å². The van der Waals surface area contributed by atoms with Crippen molar-refractivity contribution in [2.75, 3.05) is 0 Å². The summed E-state index contributed by atoms with van der Waals surface area (Å²) >= 11 is 0. The molecule has 1 aromatic carbocycles. The molecule has 1 aliphatic carbocycles. The van der Waals surface area contributed by atoms with Crippen molar-refractivity contribution in [2.45, 2.75) is 40.0 Å². The third-order valence-electron chi connectivity index (χ3n) is 3.47. The van der Waals surface area contributed by atoms with Crippen LogP contribution >= 0.6 is 0 Å². The van der Waals surface area contributed by atoms with Gasteiger partial charge in [-0.1, -0.05) is 70.2 Å². The number of rotatable bonds is 2. The van der Waals surface area contributed by atoms with Crippen LogP contribution in [0.2, 0.25) is 0 Å². The first kappa shape index (κ1) is 12.2. The summed E-state index contributed by atoms with van der Waals surface area (Å²) < 4.78 is 0. The van der Waals surface area contributed by atoms with E-state index in [0.29, 0.717) is 11.3 Å². The molecule has 1 aromatic rings. The molecule has 17 heavy (non-hydrogen) atoms. The predicted octanol–water partition coefficient (Wildman–Crippen LogP) is 5.18. The first-order valence-corrected chi connectivity index (χ1v) is 6.48. The maximum atomic E-state index is 2.35. The van der Waals surface area contributed by atoms with Crippen LogP contribution in [0.25, 0.3) is 5.57 Å². The average molecular weight is 226 g/mol. The largest absolute Gasteiger partial charge is 0.0779 e. The quantitative estimate of drug-likeness (QED) is 0.652. The lowest BCUT2D eigenvalue weighted by Crippen LogP contribution is -2.08. The van der Waals surface area contributed by atoms with Gasteiger partial charge in [-0.3, -0.25) is 0 Å². The molecule has 0 nitrogen and oxygen atoms in total. The molecule has 0 aromatic heterocycles. The van der Waals surface area contributed by atoms with Gasteiger partial charge in [0.25, 0.3) is 0 Å². The van der Waals surface area contributed by atoms with E-state index in [9.17, 15) is 0 Å². The van der Waals surface area contributed by atoms with Crippen molar-refractivity contribution in [2.24, 2.45) is 5.41 Å². The summed E-state index contributed by atoms with van der Waals surface area (Å²) in [5.41, 5.74) is 4.43. The van der Waals surface area contributed by atoms with Crippen molar-refractivity contribution < 1.29 is 0 Å². The minimum Gasteiger partial charge on any atom is -0.0779 e. The highest BCUT2D eigenvalue weighted by molar-refractivity contribution is 5.75. The zero-order chi connectivity index (χ0) is 12.5. The van der Waals surface area contributed by atoms with Crippen LogP contribution in [0.15, 0.2) is 42.5 Å². The van der Waals surface area contributed by atoms with Crippen molar-refractivity contribution in [1.29, 1.82) is 0 Å². The van der Waals surface area contributed by atoms with E-state index in [1.165, 1.54) is 16.7 Å². The van der Waals surface area contributed by atoms with Gasteiger partial charge in [-0.25, -0.2) is 0 Å². The lowest BCUT2D eigenvalue weighted by molar-refractivity contribution is 0.485. The third-order valence-corrected chi connectivity index (χ3v) is 3.47. The first-order chi connectivity index (χ1) is 7.98. The summed E-state index contributed by atoms with van der Waals surface area (Å²) in [6.07, 6.45) is 8.06. The zero-order valence-corrected chi connectivity index (χ0v) is 11.3. The van der Waals surface area contributed by atoms with Crippen LogP contribution in [0.5, 0.6) is 0 Å².